The fourth-order valence-electron chi connectivity index (χ4n) is 2.24. The molecule has 2 heterocycles. The van der Waals surface area contributed by atoms with Crippen LogP contribution in [0.3, 0.4) is 0 Å². The summed E-state index contributed by atoms with van der Waals surface area (Å²) in [6.45, 7) is 0. The Morgan fingerprint density at radius 3 is 2.79 bits per heavy atom. The number of halogens is 1. The highest BCUT2D eigenvalue weighted by Gasteiger charge is 2.33. The van der Waals surface area contributed by atoms with Crippen molar-refractivity contribution >= 4 is 17.6 Å². The maximum atomic E-state index is 11.7. The molecule has 0 aliphatic carbocycles. The number of rotatable bonds is 2. The van der Waals surface area contributed by atoms with E-state index in [2.05, 4.69) is 4.98 Å². The zero-order valence-corrected chi connectivity index (χ0v) is 10.6. The van der Waals surface area contributed by atoms with E-state index >= 15 is 0 Å². The summed E-state index contributed by atoms with van der Waals surface area (Å²) < 4.78 is 5.25. The monoisotopic (exact) mass is 275 g/mol. The van der Waals surface area contributed by atoms with Crippen molar-refractivity contribution in [3.63, 3.8) is 0 Å². The molecule has 0 amide bonds. The zero-order chi connectivity index (χ0) is 13.4. The van der Waals surface area contributed by atoms with Gasteiger partial charge in [-0.2, -0.15) is 0 Å². The molecule has 4 nitrogen and oxygen atoms in total. The molecule has 0 saturated carbocycles. The highest BCUT2D eigenvalue weighted by molar-refractivity contribution is 6.31. The summed E-state index contributed by atoms with van der Waals surface area (Å²) in [6, 6.07) is 9.07. The van der Waals surface area contributed by atoms with Gasteiger partial charge < -0.3 is 9.72 Å². The molecule has 3 rings (SSSR count). The number of hydrogen-bond donors (Lipinski definition) is 1. The number of aromatic amines is 1. The molecule has 19 heavy (non-hydrogen) atoms. The number of hydrogen-bond acceptors (Lipinski definition) is 3. The second-order valence-corrected chi connectivity index (χ2v) is 4.73. The first kappa shape index (κ1) is 12.0. The molecule has 0 saturated heterocycles. The SMILES string of the molecule is O=C1OC(Cc2ccccc2Cl)c2cc[nH]c(=O)c21. The molecule has 0 radical (unpaired) electrons. The number of fused-ring (bicyclic) bond motifs is 1. The van der Waals surface area contributed by atoms with Crippen LogP contribution in [0.15, 0.2) is 41.3 Å². The van der Waals surface area contributed by atoms with Gasteiger partial charge in [0.05, 0.1) is 0 Å². The van der Waals surface area contributed by atoms with Gasteiger partial charge in [-0.15, -0.1) is 0 Å². The van der Waals surface area contributed by atoms with Crippen LogP contribution in [0.1, 0.15) is 27.6 Å². The van der Waals surface area contributed by atoms with Gasteiger partial charge in [0.25, 0.3) is 5.56 Å². The summed E-state index contributed by atoms with van der Waals surface area (Å²) in [5, 5.41) is 0.622. The van der Waals surface area contributed by atoms with E-state index < -0.39 is 17.6 Å². The van der Waals surface area contributed by atoms with E-state index in [-0.39, 0.29) is 5.56 Å². The van der Waals surface area contributed by atoms with Crippen molar-refractivity contribution in [2.75, 3.05) is 0 Å². The Morgan fingerprint density at radius 2 is 2.00 bits per heavy atom. The molecule has 0 bridgehead atoms. The first-order valence-corrected chi connectivity index (χ1v) is 6.20. The van der Waals surface area contributed by atoms with Gasteiger partial charge >= 0.3 is 5.97 Å². The third kappa shape index (κ3) is 2.04. The van der Waals surface area contributed by atoms with Crippen LogP contribution >= 0.6 is 11.6 Å². The number of cyclic esters (lactones) is 1. The van der Waals surface area contributed by atoms with E-state index in [9.17, 15) is 9.59 Å². The van der Waals surface area contributed by atoms with Gasteiger partial charge in [-0.25, -0.2) is 4.79 Å². The summed E-state index contributed by atoms with van der Waals surface area (Å²) in [6.07, 6.45) is 1.52. The van der Waals surface area contributed by atoms with Crippen molar-refractivity contribution in [2.24, 2.45) is 0 Å². The predicted molar refractivity (Wildman–Crippen MR) is 70.4 cm³/mol. The average molecular weight is 276 g/mol. The number of carbonyl (C=O) groups excluding carboxylic acids is 1. The van der Waals surface area contributed by atoms with E-state index in [1.54, 1.807) is 12.1 Å². The quantitative estimate of drug-likeness (QED) is 0.857. The molecule has 1 aliphatic heterocycles. The molecule has 2 aromatic rings. The lowest BCUT2D eigenvalue weighted by molar-refractivity contribution is 0.0386. The number of ether oxygens (including phenoxy) is 1. The maximum absolute atomic E-state index is 11.7. The molecule has 1 aromatic carbocycles. The van der Waals surface area contributed by atoms with Crippen molar-refractivity contribution in [2.45, 2.75) is 12.5 Å². The van der Waals surface area contributed by atoms with Gasteiger partial charge in [-0.1, -0.05) is 29.8 Å². The minimum Gasteiger partial charge on any atom is -0.453 e. The summed E-state index contributed by atoms with van der Waals surface area (Å²) in [4.78, 5) is 25.8. The van der Waals surface area contributed by atoms with Gasteiger partial charge in [-0.05, 0) is 17.7 Å². The number of pyridine rings is 1. The van der Waals surface area contributed by atoms with Crippen LogP contribution in [0.4, 0.5) is 0 Å². The Balaban J connectivity index is 1.98. The molecule has 0 spiro atoms. The Labute approximate surface area is 114 Å². The molecule has 1 aliphatic rings. The van der Waals surface area contributed by atoms with Crippen LogP contribution < -0.4 is 5.56 Å². The van der Waals surface area contributed by atoms with E-state index in [1.165, 1.54) is 6.20 Å². The molecule has 0 fully saturated rings. The molecular weight excluding hydrogens is 266 g/mol. The van der Waals surface area contributed by atoms with Crippen LogP contribution in [0.2, 0.25) is 5.02 Å². The Morgan fingerprint density at radius 1 is 1.21 bits per heavy atom. The lowest BCUT2D eigenvalue weighted by Gasteiger charge is -2.11. The summed E-state index contributed by atoms with van der Waals surface area (Å²) in [7, 11) is 0. The van der Waals surface area contributed by atoms with Crippen LogP contribution in [0, 0.1) is 0 Å². The minimum absolute atomic E-state index is 0.0968. The number of benzene rings is 1. The third-order valence-corrected chi connectivity index (χ3v) is 3.53. The molecule has 5 heteroatoms. The lowest BCUT2D eigenvalue weighted by atomic mass is 10.0. The fraction of sp³-hybridized carbons (Fsp3) is 0.143. The van der Waals surface area contributed by atoms with E-state index in [0.29, 0.717) is 17.0 Å². The molecule has 1 atom stereocenters. The second kappa shape index (κ2) is 4.55. The number of nitrogens with one attached hydrogen (secondary N) is 1. The van der Waals surface area contributed by atoms with Crippen LogP contribution in [-0.2, 0) is 11.2 Å². The largest absolute Gasteiger partial charge is 0.453 e. The van der Waals surface area contributed by atoms with Crippen molar-refractivity contribution in [1.82, 2.24) is 4.98 Å². The fourth-order valence-corrected chi connectivity index (χ4v) is 2.45. The second-order valence-electron chi connectivity index (χ2n) is 4.33. The molecule has 1 N–H and O–H groups in total. The van der Waals surface area contributed by atoms with Gasteiger partial charge in [0.15, 0.2) is 0 Å². The highest BCUT2D eigenvalue weighted by Crippen LogP contribution is 2.32. The topological polar surface area (TPSA) is 59.2 Å². The summed E-state index contributed by atoms with van der Waals surface area (Å²) in [5.74, 6) is -0.575. The van der Waals surface area contributed by atoms with Crippen molar-refractivity contribution in [1.29, 1.82) is 0 Å². The maximum Gasteiger partial charge on any atom is 0.344 e. The standard InChI is InChI=1S/C14H10ClNO3/c15-10-4-2-1-3-8(10)7-11-9-5-6-16-13(17)12(9)14(18)19-11/h1-6,11H,7H2,(H,16,17). The highest BCUT2D eigenvalue weighted by atomic mass is 35.5. The van der Waals surface area contributed by atoms with Gasteiger partial charge in [0.2, 0.25) is 0 Å². The first-order chi connectivity index (χ1) is 9.16. The van der Waals surface area contributed by atoms with Gasteiger partial charge in [0.1, 0.15) is 11.7 Å². The first-order valence-electron chi connectivity index (χ1n) is 5.83. The molecule has 1 unspecified atom stereocenters. The number of H-pyrrole nitrogens is 1. The molecule has 96 valence electrons. The summed E-state index contributed by atoms with van der Waals surface area (Å²) in [5.41, 5.74) is 1.19. The molecule has 1 aromatic heterocycles. The van der Waals surface area contributed by atoms with Gasteiger partial charge in [-0.3, -0.25) is 4.79 Å². The van der Waals surface area contributed by atoms with E-state index in [0.717, 1.165) is 5.56 Å². The van der Waals surface area contributed by atoms with Crippen LogP contribution in [0.5, 0.6) is 0 Å². The number of aromatic nitrogens is 1. The normalized spacial score (nSPS) is 17.1. The van der Waals surface area contributed by atoms with E-state index in [4.69, 9.17) is 16.3 Å². The smallest absolute Gasteiger partial charge is 0.344 e. The lowest BCUT2D eigenvalue weighted by Crippen LogP contribution is -2.14. The predicted octanol–water partition coefficient (Wildman–Crippen LogP) is 2.48. The average Bonchev–Trinajstić information content (AvgIpc) is 2.71. The Bertz CT molecular complexity index is 708. The minimum atomic E-state index is -0.575. The number of esters is 1. The van der Waals surface area contributed by atoms with Crippen molar-refractivity contribution in [3.05, 3.63) is 68.6 Å². The number of carbonyl (C=O) groups is 1. The Hall–Kier alpha value is -2.07. The van der Waals surface area contributed by atoms with Gasteiger partial charge in [0, 0.05) is 23.2 Å². The van der Waals surface area contributed by atoms with Crippen molar-refractivity contribution < 1.29 is 9.53 Å². The van der Waals surface area contributed by atoms with Crippen molar-refractivity contribution in [3.8, 4) is 0 Å². The zero-order valence-electron chi connectivity index (χ0n) is 9.85. The Kier molecular flexibility index (Phi) is 2.87. The van der Waals surface area contributed by atoms with Crippen LogP contribution in [0.25, 0.3) is 0 Å². The molecular formula is C14H10ClNO3. The summed E-state index contributed by atoms with van der Waals surface area (Å²) >= 11 is 6.09. The van der Waals surface area contributed by atoms with Crippen LogP contribution in [-0.4, -0.2) is 11.0 Å². The van der Waals surface area contributed by atoms with E-state index in [1.807, 2.05) is 18.2 Å². The third-order valence-electron chi connectivity index (χ3n) is 3.16.